The van der Waals surface area contributed by atoms with Crippen LogP contribution in [0, 0.1) is 0 Å². The molecule has 5 atom stereocenters. The number of ether oxygens (including phenoxy) is 6. The molecule has 1 heterocycles. The molecule has 1 aliphatic heterocycles. The summed E-state index contributed by atoms with van der Waals surface area (Å²) in [4.78, 5) is 47.8. The van der Waals surface area contributed by atoms with Gasteiger partial charge in [0.05, 0.1) is 19.4 Å². The van der Waals surface area contributed by atoms with E-state index in [0.717, 1.165) is 27.9 Å². The van der Waals surface area contributed by atoms with Crippen LogP contribution < -0.4 is 10.5 Å². The number of hydrogen-bond donors (Lipinski definition) is 2. The third-order valence-electron chi connectivity index (χ3n) is 4.53. The van der Waals surface area contributed by atoms with Gasteiger partial charge in [0.2, 0.25) is 12.4 Å². The number of rotatable bonds is 8. The molecule has 34 heavy (non-hydrogen) atoms. The second-order valence-electron chi connectivity index (χ2n) is 7.17. The van der Waals surface area contributed by atoms with Gasteiger partial charge in [-0.05, 0) is 17.7 Å². The van der Waals surface area contributed by atoms with Crippen LogP contribution in [0.3, 0.4) is 0 Å². The van der Waals surface area contributed by atoms with Gasteiger partial charge in [0.1, 0.15) is 5.75 Å². The van der Waals surface area contributed by atoms with Gasteiger partial charge in [-0.3, -0.25) is 14.4 Å². The average molecular weight is 481 g/mol. The number of anilines is 1. The summed E-state index contributed by atoms with van der Waals surface area (Å²) in [6.45, 7) is 3.11. The highest BCUT2D eigenvalue weighted by molar-refractivity contribution is 5.77. The van der Waals surface area contributed by atoms with Crippen LogP contribution in [0.2, 0.25) is 0 Å². The molecule has 0 bridgehead atoms. The molecule has 0 amide bonds. The van der Waals surface area contributed by atoms with Gasteiger partial charge in [-0.15, -0.1) is 0 Å². The number of nitrogen functional groups attached to an aromatic ring is 1. The Hall–Kier alpha value is -3.64. The Bertz CT molecular complexity index is 945. The standard InChI is InChI=1S/C22H27NO11/c1-11(25)30-17-18(31-12(2)26)20(32-13(3)27)22(34-19(17)21(28)29-4)33-16-8-7-14(6-5-9-24)10-15(16)23/h5-8,10,17-20,22,24H,9,23H2,1-4H3/b6-5+/t17-,18-,19?,20+,22+/m0/s1. The van der Waals surface area contributed by atoms with Gasteiger partial charge in [-0.2, -0.15) is 0 Å². The predicted octanol–water partition coefficient (Wildman–Crippen LogP) is 0.346. The quantitative estimate of drug-likeness (QED) is 0.297. The molecule has 1 aromatic rings. The zero-order valence-electron chi connectivity index (χ0n) is 19.1. The lowest BCUT2D eigenvalue weighted by molar-refractivity contribution is -0.282. The molecule has 0 spiro atoms. The number of hydrogen-bond acceptors (Lipinski definition) is 12. The fraction of sp³-hybridized carbons (Fsp3) is 0.455. The molecule has 12 nitrogen and oxygen atoms in total. The van der Waals surface area contributed by atoms with E-state index in [2.05, 4.69) is 0 Å². The van der Waals surface area contributed by atoms with E-state index in [0.29, 0.717) is 5.56 Å². The van der Waals surface area contributed by atoms with Crippen molar-refractivity contribution >= 4 is 35.6 Å². The highest BCUT2D eigenvalue weighted by Crippen LogP contribution is 2.33. The molecule has 0 saturated carbocycles. The van der Waals surface area contributed by atoms with E-state index in [1.807, 2.05) is 0 Å². The van der Waals surface area contributed by atoms with E-state index in [1.165, 1.54) is 12.1 Å². The zero-order chi connectivity index (χ0) is 25.4. The molecule has 1 aromatic carbocycles. The minimum Gasteiger partial charge on any atom is -0.467 e. The Kier molecular flexibility index (Phi) is 9.39. The number of aliphatic hydroxyl groups is 1. The molecular formula is C22H27NO11. The normalized spacial score (nSPS) is 24.2. The average Bonchev–Trinajstić information content (AvgIpc) is 2.76. The van der Waals surface area contributed by atoms with E-state index in [4.69, 9.17) is 39.3 Å². The van der Waals surface area contributed by atoms with Crippen molar-refractivity contribution in [2.75, 3.05) is 19.5 Å². The molecule has 1 saturated heterocycles. The van der Waals surface area contributed by atoms with Crippen LogP contribution in [0.5, 0.6) is 5.75 Å². The maximum atomic E-state index is 12.4. The number of nitrogens with two attached hydrogens (primary N) is 1. The lowest BCUT2D eigenvalue weighted by Gasteiger charge is -2.43. The van der Waals surface area contributed by atoms with Crippen molar-refractivity contribution in [1.82, 2.24) is 0 Å². The number of carbonyl (C=O) groups excluding carboxylic acids is 4. The molecule has 186 valence electrons. The first-order valence-electron chi connectivity index (χ1n) is 10.2. The molecule has 2 rings (SSSR count). The van der Waals surface area contributed by atoms with E-state index >= 15 is 0 Å². The molecular weight excluding hydrogens is 454 g/mol. The fourth-order valence-corrected chi connectivity index (χ4v) is 3.27. The van der Waals surface area contributed by atoms with Crippen LogP contribution in [0.25, 0.3) is 6.08 Å². The Morgan fingerprint density at radius 1 is 1.00 bits per heavy atom. The van der Waals surface area contributed by atoms with Crippen LogP contribution >= 0.6 is 0 Å². The minimum absolute atomic E-state index is 0.0967. The van der Waals surface area contributed by atoms with Crippen molar-refractivity contribution in [2.24, 2.45) is 0 Å². The molecule has 0 aliphatic carbocycles. The summed E-state index contributed by atoms with van der Waals surface area (Å²) in [5.74, 6) is -3.25. The lowest BCUT2D eigenvalue weighted by Crippen LogP contribution is -2.64. The highest BCUT2D eigenvalue weighted by atomic mass is 16.7. The number of benzene rings is 1. The molecule has 1 fully saturated rings. The summed E-state index contributed by atoms with van der Waals surface area (Å²) in [5.41, 5.74) is 6.88. The SMILES string of the molecule is COC(=O)C1O[C@@H](Oc2ccc(/C=C/CO)cc2N)[C@H](OC(C)=O)[C@@H](OC(C)=O)[C@@H]1OC(C)=O. The van der Waals surface area contributed by atoms with Crippen LogP contribution in [0.4, 0.5) is 5.69 Å². The molecule has 3 N–H and O–H groups in total. The number of esters is 4. The molecule has 12 heteroatoms. The van der Waals surface area contributed by atoms with Crippen molar-refractivity contribution in [2.45, 2.75) is 51.5 Å². The van der Waals surface area contributed by atoms with Crippen LogP contribution in [0.15, 0.2) is 24.3 Å². The van der Waals surface area contributed by atoms with Crippen LogP contribution in [-0.2, 0) is 42.9 Å². The van der Waals surface area contributed by atoms with Gasteiger partial charge in [0.15, 0.2) is 18.3 Å². The number of aliphatic hydroxyl groups excluding tert-OH is 1. The zero-order valence-corrected chi connectivity index (χ0v) is 19.1. The van der Waals surface area contributed by atoms with E-state index in [1.54, 1.807) is 18.2 Å². The van der Waals surface area contributed by atoms with Gasteiger partial charge in [0, 0.05) is 20.8 Å². The van der Waals surface area contributed by atoms with Gasteiger partial charge in [0.25, 0.3) is 0 Å². The summed E-state index contributed by atoms with van der Waals surface area (Å²) < 4.78 is 32.0. The molecule has 0 aromatic heterocycles. The van der Waals surface area contributed by atoms with Crippen molar-refractivity contribution < 1.29 is 52.7 Å². The highest BCUT2D eigenvalue weighted by Gasteiger charge is 2.55. The minimum atomic E-state index is -1.58. The maximum absolute atomic E-state index is 12.4. The van der Waals surface area contributed by atoms with Crippen LogP contribution in [-0.4, -0.2) is 73.4 Å². The molecule has 0 radical (unpaired) electrons. The van der Waals surface area contributed by atoms with E-state index in [-0.39, 0.29) is 18.0 Å². The van der Waals surface area contributed by atoms with Gasteiger partial charge < -0.3 is 39.3 Å². The first-order chi connectivity index (χ1) is 16.1. The Morgan fingerprint density at radius 3 is 2.12 bits per heavy atom. The smallest absolute Gasteiger partial charge is 0.339 e. The number of methoxy groups -OCH3 is 1. The van der Waals surface area contributed by atoms with Crippen molar-refractivity contribution in [3.05, 3.63) is 29.8 Å². The summed E-state index contributed by atoms with van der Waals surface area (Å²) in [6.07, 6.45) is -4.36. The predicted molar refractivity (Wildman–Crippen MR) is 115 cm³/mol. The topological polar surface area (TPSA) is 170 Å². The Balaban J connectivity index is 2.49. The second kappa shape index (κ2) is 12.0. The summed E-state index contributed by atoms with van der Waals surface area (Å²) in [7, 11) is 1.09. The fourth-order valence-electron chi connectivity index (χ4n) is 3.27. The second-order valence-corrected chi connectivity index (χ2v) is 7.17. The number of carbonyl (C=O) groups is 4. The van der Waals surface area contributed by atoms with Gasteiger partial charge in [-0.25, -0.2) is 4.79 Å². The Labute approximate surface area is 195 Å². The lowest BCUT2D eigenvalue weighted by atomic mass is 9.97. The largest absolute Gasteiger partial charge is 0.467 e. The summed E-state index contributed by atoms with van der Waals surface area (Å²) >= 11 is 0. The Morgan fingerprint density at radius 2 is 1.59 bits per heavy atom. The first-order valence-corrected chi connectivity index (χ1v) is 10.2. The van der Waals surface area contributed by atoms with Gasteiger partial charge in [-0.1, -0.05) is 18.2 Å². The van der Waals surface area contributed by atoms with Gasteiger partial charge >= 0.3 is 23.9 Å². The monoisotopic (exact) mass is 481 g/mol. The third kappa shape index (κ3) is 6.93. The third-order valence-corrected chi connectivity index (χ3v) is 4.53. The first kappa shape index (κ1) is 26.6. The van der Waals surface area contributed by atoms with Crippen molar-refractivity contribution in [3.63, 3.8) is 0 Å². The van der Waals surface area contributed by atoms with E-state index < -0.39 is 54.6 Å². The molecule has 1 aliphatic rings. The van der Waals surface area contributed by atoms with Crippen LogP contribution in [0.1, 0.15) is 26.3 Å². The van der Waals surface area contributed by atoms with Crippen molar-refractivity contribution in [3.8, 4) is 5.75 Å². The molecule has 1 unspecified atom stereocenters. The van der Waals surface area contributed by atoms with Crippen molar-refractivity contribution in [1.29, 1.82) is 0 Å². The maximum Gasteiger partial charge on any atom is 0.339 e. The summed E-state index contributed by atoms with van der Waals surface area (Å²) in [5, 5.41) is 8.92. The summed E-state index contributed by atoms with van der Waals surface area (Å²) in [6, 6.07) is 4.67. The van der Waals surface area contributed by atoms with E-state index in [9.17, 15) is 19.2 Å².